The lowest BCUT2D eigenvalue weighted by Crippen LogP contribution is -2.00. The average Bonchev–Trinajstić information content (AvgIpc) is 2.39. The quantitative estimate of drug-likeness (QED) is 0.708. The zero-order valence-electron chi connectivity index (χ0n) is 7.24. The summed E-state index contributed by atoms with van der Waals surface area (Å²) in [5.41, 5.74) is 0.696. The van der Waals surface area contributed by atoms with E-state index in [2.05, 4.69) is 5.32 Å². The molecule has 76 valence electrons. The van der Waals surface area contributed by atoms with Gasteiger partial charge in [0.1, 0.15) is 0 Å². The van der Waals surface area contributed by atoms with Crippen LogP contribution >= 0.6 is 34.8 Å². The zero-order valence-corrected chi connectivity index (χ0v) is 9.51. The lowest BCUT2D eigenvalue weighted by atomic mass is 10.3. The third-order valence-electron chi connectivity index (χ3n) is 2.00. The first kappa shape index (κ1) is 10.2. The van der Waals surface area contributed by atoms with Gasteiger partial charge in [0, 0.05) is 6.54 Å². The second-order valence-corrected chi connectivity index (χ2v) is 4.18. The maximum atomic E-state index is 6.02. The molecule has 0 unspecified atom stereocenters. The largest absolute Gasteiger partial charge is 0.490 e. The van der Waals surface area contributed by atoms with Crippen LogP contribution in [0.5, 0.6) is 5.75 Å². The van der Waals surface area contributed by atoms with Crippen LogP contribution in [0.15, 0.2) is 6.07 Å². The van der Waals surface area contributed by atoms with Gasteiger partial charge in [-0.15, -0.1) is 0 Å². The number of nitrogens with one attached hydrogen (secondary N) is 1. The Morgan fingerprint density at radius 2 is 2.00 bits per heavy atom. The van der Waals surface area contributed by atoms with Crippen molar-refractivity contribution in [3.63, 3.8) is 0 Å². The van der Waals surface area contributed by atoms with Crippen LogP contribution in [0.3, 0.4) is 0 Å². The van der Waals surface area contributed by atoms with E-state index in [1.807, 2.05) is 0 Å². The van der Waals surface area contributed by atoms with Crippen molar-refractivity contribution in [2.45, 2.75) is 6.42 Å². The number of anilines is 1. The van der Waals surface area contributed by atoms with E-state index in [-0.39, 0.29) is 0 Å². The summed E-state index contributed by atoms with van der Waals surface area (Å²) >= 11 is 17.9. The Morgan fingerprint density at radius 3 is 2.79 bits per heavy atom. The minimum Gasteiger partial charge on any atom is -0.490 e. The second-order valence-electron chi connectivity index (χ2n) is 2.99. The Morgan fingerprint density at radius 1 is 1.21 bits per heavy atom. The van der Waals surface area contributed by atoms with Crippen molar-refractivity contribution in [2.24, 2.45) is 0 Å². The predicted molar refractivity (Wildman–Crippen MR) is 60.1 cm³/mol. The minimum absolute atomic E-state index is 0.438. The molecule has 1 heterocycles. The monoisotopic (exact) mass is 251 g/mol. The summed E-state index contributed by atoms with van der Waals surface area (Å²) in [7, 11) is 0. The number of hydrogen-bond donors (Lipinski definition) is 1. The number of halogens is 3. The van der Waals surface area contributed by atoms with Crippen molar-refractivity contribution in [1.29, 1.82) is 0 Å². The lowest BCUT2D eigenvalue weighted by molar-refractivity contribution is 0.323. The zero-order chi connectivity index (χ0) is 10.1. The van der Waals surface area contributed by atoms with E-state index >= 15 is 0 Å². The van der Waals surface area contributed by atoms with Crippen LogP contribution in [0, 0.1) is 0 Å². The van der Waals surface area contributed by atoms with Gasteiger partial charge in [-0.25, -0.2) is 0 Å². The van der Waals surface area contributed by atoms with Crippen LogP contribution in [0.25, 0.3) is 0 Å². The summed E-state index contributed by atoms with van der Waals surface area (Å²) in [6, 6.07) is 1.59. The molecule has 1 aromatic carbocycles. The molecule has 1 aliphatic rings. The first-order valence-corrected chi connectivity index (χ1v) is 5.37. The van der Waals surface area contributed by atoms with Gasteiger partial charge in [-0.05, 0) is 12.5 Å². The number of benzene rings is 1. The molecule has 2 rings (SSSR count). The van der Waals surface area contributed by atoms with Gasteiger partial charge >= 0.3 is 0 Å². The highest BCUT2D eigenvalue weighted by molar-refractivity contribution is 6.45. The molecule has 0 radical (unpaired) electrons. The maximum absolute atomic E-state index is 6.02. The Hall–Kier alpha value is -0.310. The van der Waals surface area contributed by atoms with E-state index in [1.54, 1.807) is 6.07 Å². The van der Waals surface area contributed by atoms with Gasteiger partial charge in [-0.1, -0.05) is 34.8 Å². The van der Waals surface area contributed by atoms with Crippen LogP contribution in [-0.2, 0) is 0 Å². The van der Waals surface area contributed by atoms with E-state index < -0.39 is 0 Å². The Bertz CT molecular complexity index is 368. The van der Waals surface area contributed by atoms with E-state index in [9.17, 15) is 0 Å². The molecule has 1 N–H and O–H groups in total. The highest BCUT2D eigenvalue weighted by atomic mass is 35.5. The fourth-order valence-corrected chi connectivity index (χ4v) is 2.06. The van der Waals surface area contributed by atoms with Crippen molar-refractivity contribution < 1.29 is 4.74 Å². The van der Waals surface area contributed by atoms with Crippen molar-refractivity contribution in [3.8, 4) is 5.75 Å². The number of ether oxygens (including phenoxy) is 1. The van der Waals surface area contributed by atoms with Crippen LogP contribution < -0.4 is 10.1 Å². The summed E-state index contributed by atoms with van der Waals surface area (Å²) in [4.78, 5) is 0. The highest BCUT2D eigenvalue weighted by Crippen LogP contribution is 2.43. The first-order valence-electron chi connectivity index (χ1n) is 4.24. The van der Waals surface area contributed by atoms with E-state index in [0.717, 1.165) is 13.0 Å². The van der Waals surface area contributed by atoms with E-state index in [0.29, 0.717) is 33.1 Å². The normalized spacial score (nSPS) is 15.1. The van der Waals surface area contributed by atoms with Gasteiger partial charge < -0.3 is 10.1 Å². The van der Waals surface area contributed by atoms with Gasteiger partial charge in [0.2, 0.25) is 0 Å². The van der Waals surface area contributed by atoms with Gasteiger partial charge in [0.15, 0.2) is 5.75 Å². The van der Waals surface area contributed by atoms with Crippen molar-refractivity contribution in [1.82, 2.24) is 0 Å². The third-order valence-corrected chi connectivity index (χ3v) is 3.06. The van der Waals surface area contributed by atoms with E-state index in [4.69, 9.17) is 39.5 Å². The first-order chi connectivity index (χ1) is 6.70. The van der Waals surface area contributed by atoms with Gasteiger partial charge in [-0.3, -0.25) is 0 Å². The number of fused-ring (bicyclic) bond motifs is 1. The molecule has 0 atom stereocenters. The minimum atomic E-state index is 0.438. The predicted octanol–water partition coefficient (Wildman–Crippen LogP) is 3.84. The van der Waals surface area contributed by atoms with Crippen LogP contribution in [0.2, 0.25) is 15.1 Å². The lowest BCUT2D eigenvalue weighted by Gasteiger charge is -2.12. The molecule has 0 fully saturated rings. The number of hydrogen-bond acceptors (Lipinski definition) is 2. The SMILES string of the molecule is Clc1cc(Cl)c2c(c1Cl)NCCCO2. The third kappa shape index (κ3) is 1.74. The average molecular weight is 253 g/mol. The Kier molecular flexibility index (Phi) is 2.96. The molecule has 1 aromatic rings. The number of rotatable bonds is 0. The molecule has 5 heteroatoms. The van der Waals surface area contributed by atoms with Crippen LogP contribution in [0.4, 0.5) is 5.69 Å². The summed E-state index contributed by atoms with van der Waals surface area (Å²) in [6.07, 6.45) is 0.916. The molecule has 0 bridgehead atoms. The summed E-state index contributed by atoms with van der Waals surface area (Å²) in [6.45, 7) is 1.45. The molecule has 0 aromatic heterocycles. The Balaban J connectivity index is 2.57. The molecule has 0 saturated carbocycles. The highest BCUT2D eigenvalue weighted by Gasteiger charge is 2.18. The van der Waals surface area contributed by atoms with Crippen LogP contribution in [-0.4, -0.2) is 13.2 Å². The van der Waals surface area contributed by atoms with Gasteiger partial charge in [0.05, 0.1) is 27.4 Å². The smallest absolute Gasteiger partial charge is 0.162 e. The molecule has 2 nitrogen and oxygen atoms in total. The van der Waals surface area contributed by atoms with Crippen molar-refractivity contribution in [2.75, 3.05) is 18.5 Å². The molecule has 0 aliphatic carbocycles. The molecule has 1 aliphatic heterocycles. The summed E-state index contributed by atoms with van der Waals surface area (Å²) < 4.78 is 5.48. The fraction of sp³-hybridized carbons (Fsp3) is 0.333. The van der Waals surface area contributed by atoms with Crippen molar-refractivity contribution in [3.05, 3.63) is 21.1 Å². The second kappa shape index (κ2) is 4.05. The molecule has 0 saturated heterocycles. The van der Waals surface area contributed by atoms with Gasteiger partial charge in [0.25, 0.3) is 0 Å². The molecule has 14 heavy (non-hydrogen) atoms. The summed E-state index contributed by atoms with van der Waals surface area (Å²) in [5.74, 6) is 0.596. The molecular formula is C9H8Cl3NO. The van der Waals surface area contributed by atoms with Crippen molar-refractivity contribution >= 4 is 40.5 Å². The topological polar surface area (TPSA) is 21.3 Å². The fourth-order valence-electron chi connectivity index (χ4n) is 1.34. The maximum Gasteiger partial charge on any atom is 0.162 e. The van der Waals surface area contributed by atoms with Gasteiger partial charge in [-0.2, -0.15) is 0 Å². The molecule has 0 amide bonds. The Labute approximate surface area is 97.1 Å². The van der Waals surface area contributed by atoms with Crippen LogP contribution in [0.1, 0.15) is 6.42 Å². The standard InChI is InChI=1S/C9H8Cl3NO/c10-5-4-6(11)9-8(7(5)12)13-2-1-3-14-9/h4,13H,1-3H2. The van der Waals surface area contributed by atoms with E-state index in [1.165, 1.54) is 0 Å². The molecule has 0 spiro atoms. The molecular weight excluding hydrogens is 244 g/mol. The summed E-state index contributed by atoms with van der Waals surface area (Å²) in [5, 5.41) is 4.54.